The first-order valence-electron chi connectivity index (χ1n) is 3.16. The van der Waals surface area contributed by atoms with Gasteiger partial charge in [0.25, 0.3) is 0 Å². The highest BCUT2D eigenvalue weighted by Gasteiger charge is 1.96. The summed E-state index contributed by atoms with van der Waals surface area (Å²) in [6.45, 7) is 0. The van der Waals surface area contributed by atoms with Crippen LogP contribution >= 0.6 is 11.3 Å². The second kappa shape index (κ2) is 2.80. The molecule has 0 unspecified atom stereocenters. The van der Waals surface area contributed by atoms with E-state index in [4.69, 9.17) is 0 Å². The van der Waals surface area contributed by atoms with Gasteiger partial charge in [0.2, 0.25) is 0 Å². The number of nitrogens with zero attached hydrogens (tertiary/aromatic N) is 2. The fourth-order valence-electron chi connectivity index (χ4n) is 0.820. The molecule has 0 aliphatic heterocycles. The van der Waals surface area contributed by atoms with E-state index in [2.05, 4.69) is 16.0 Å². The Bertz CT molecular complexity index is 315. The van der Waals surface area contributed by atoms with Gasteiger partial charge >= 0.3 is 0 Å². The third-order valence-corrected chi connectivity index (χ3v) is 1.92. The zero-order valence-electron chi connectivity index (χ0n) is 5.69. The maximum atomic E-state index is 4.14. The second-order valence-corrected chi connectivity index (χ2v) is 2.77. The van der Waals surface area contributed by atoms with Crippen LogP contribution in [0.4, 0.5) is 0 Å². The highest BCUT2D eigenvalue weighted by atomic mass is 32.1. The molecule has 11 heavy (non-hydrogen) atoms. The van der Waals surface area contributed by atoms with Crippen molar-refractivity contribution in [1.29, 1.82) is 0 Å². The minimum absolute atomic E-state index is 0.972. The van der Waals surface area contributed by atoms with Gasteiger partial charge in [-0.15, -0.1) is 11.3 Å². The van der Waals surface area contributed by atoms with Gasteiger partial charge in [0.15, 0.2) is 0 Å². The van der Waals surface area contributed by atoms with Crippen LogP contribution in [0.15, 0.2) is 29.4 Å². The van der Waals surface area contributed by atoms with E-state index in [-0.39, 0.29) is 0 Å². The van der Waals surface area contributed by atoms with Crippen LogP contribution in [0.2, 0.25) is 0 Å². The van der Waals surface area contributed by atoms with Gasteiger partial charge in [0, 0.05) is 29.4 Å². The third-order valence-electron chi connectivity index (χ3n) is 1.33. The molecule has 53 valence electrons. The van der Waals surface area contributed by atoms with Gasteiger partial charge in [-0.25, -0.2) is 4.98 Å². The maximum Gasteiger partial charge on any atom is 0.0826 e. The molecule has 2 rings (SSSR count). The van der Waals surface area contributed by atoms with Crippen LogP contribution in [0.5, 0.6) is 0 Å². The molecule has 0 aliphatic carbocycles. The Balaban J connectivity index is 2.46. The molecular formula is C8H5N2S. The van der Waals surface area contributed by atoms with Gasteiger partial charge in [-0.05, 0) is 6.07 Å². The Morgan fingerprint density at radius 3 is 3.09 bits per heavy atom. The average Bonchev–Trinajstić information content (AvgIpc) is 2.58. The summed E-state index contributed by atoms with van der Waals surface area (Å²) in [6.07, 6.45) is 3.42. The summed E-state index contributed by atoms with van der Waals surface area (Å²) in [7, 11) is 0. The molecule has 2 aromatic rings. The Morgan fingerprint density at radius 1 is 1.45 bits per heavy atom. The van der Waals surface area contributed by atoms with Gasteiger partial charge in [0.1, 0.15) is 0 Å². The summed E-state index contributed by atoms with van der Waals surface area (Å²) in [5.41, 5.74) is 3.80. The summed E-state index contributed by atoms with van der Waals surface area (Å²) in [4.78, 5) is 8.09. The fourth-order valence-corrected chi connectivity index (χ4v) is 1.38. The first kappa shape index (κ1) is 6.49. The summed E-state index contributed by atoms with van der Waals surface area (Å²) < 4.78 is 0. The molecule has 2 nitrogen and oxygen atoms in total. The molecule has 0 saturated heterocycles. The molecule has 3 heteroatoms. The predicted octanol–water partition coefficient (Wildman–Crippen LogP) is 2.01. The Morgan fingerprint density at radius 2 is 2.45 bits per heavy atom. The smallest absolute Gasteiger partial charge is 0.0826 e. The Kier molecular flexibility index (Phi) is 1.65. The van der Waals surface area contributed by atoms with Crippen molar-refractivity contribution in [3.63, 3.8) is 0 Å². The van der Waals surface area contributed by atoms with Crippen molar-refractivity contribution in [2.75, 3.05) is 0 Å². The number of rotatable bonds is 1. The lowest BCUT2D eigenvalue weighted by molar-refractivity contribution is 1.30. The topological polar surface area (TPSA) is 25.8 Å². The normalized spacial score (nSPS) is 9.82. The van der Waals surface area contributed by atoms with Gasteiger partial charge in [-0.1, -0.05) is 0 Å². The first-order valence-corrected chi connectivity index (χ1v) is 4.11. The molecule has 0 aromatic carbocycles. The highest BCUT2D eigenvalue weighted by molar-refractivity contribution is 7.07. The van der Waals surface area contributed by atoms with Gasteiger partial charge in [-0.3, -0.25) is 4.98 Å². The van der Waals surface area contributed by atoms with E-state index in [0.29, 0.717) is 0 Å². The Labute approximate surface area is 68.6 Å². The van der Waals surface area contributed by atoms with Crippen LogP contribution in [0.1, 0.15) is 0 Å². The van der Waals surface area contributed by atoms with Crippen LogP contribution in [-0.2, 0) is 0 Å². The van der Waals surface area contributed by atoms with E-state index in [9.17, 15) is 0 Å². The molecule has 0 atom stereocenters. The van der Waals surface area contributed by atoms with E-state index in [1.165, 1.54) is 0 Å². The van der Waals surface area contributed by atoms with Crippen LogP contribution in [0, 0.1) is 6.07 Å². The zero-order valence-corrected chi connectivity index (χ0v) is 6.51. The third kappa shape index (κ3) is 1.28. The molecule has 0 N–H and O–H groups in total. The molecule has 0 saturated carbocycles. The van der Waals surface area contributed by atoms with Crippen molar-refractivity contribution in [3.8, 4) is 11.3 Å². The quantitative estimate of drug-likeness (QED) is 0.639. The first-order chi connectivity index (χ1) is 5.47. The number of hydrogen-bond acceptors (Lipinski definition) is 3. The van der Waals surface area contributed by atoms with E-state index >= 15 is 0 Å². The predicted molar refractivity (Wildman–Crippen MR) is 44.2 cm³/mol. The van der Waals surface area contributed by atoms with E-state index in [1.54, 1.807) is 23.7 Å². The summed E-state index contributed by atoms with van der Waals surface area (Å²) in [6, 6.07) is 4.78. The lowest BCUT2D eigenvalue weighted by Crippen LogP contribution is -1.77. The summed E-state index contributed by atoms with van der Waals surface area (Å²) >= 11 is 1.58. The minimum atomic E-state index is 0.972. The molecule has 0 fully saturated rings. The van der Waals surface area contributed by atoms with Gasteiger partial charge in [0.05, 0.1) is 11.2 Å². The molecule has 0 bridgehead atoms. The lowest BCUT2D eigenvalue weighted by atomic mass is 10.2. The number of thiazole rings is 1. The van der Waals surface area contributed by atoms with Crippen molar-refractivity contribution >= 4 is 11.3 Å². The SMILES string of the molecule is [c]1cncc(-c2cscn2)c1. The van der Waals surface area contributed by atoms with Crippen molar-refractivity contribution < 1.29 is 0 Å². The van der Waals surface area contributed by atoms with Crippen LogP contribution < -0.4 is 0 Å². The molecular weight excluding hydrogens is 156 g/mol. The standard InChI is InChI=1S/C8H5N2S/c1-2-7(4-9-3-1)8-5-11-6-10-8/h2-6H. The van der Waals surface area contributed by atoms with Crippen LogP contribution in [-0.4, -0.2) is 9.97 Å². The fraction of sp³-hybridized carbons (Fsp3) is 0. The number of pyridine rings is 1. The van der Waals surface area contributed by atoms with Crippen LogP contribution in [0.3, 0.4) is 0 Å². The van der Waals surface area contributed by atoms with E-state index in [0.717, 1.165) is 11.3 Å². The van der Waals surface area contributed by atoms with E-state index in [1.807, 2.05) is 17.0 Å². The van der Waals surface area contributed by atoms with Crippen molar-refractivity contribution in [3.05, 3.63) is 35.4 Å². The molecule has 2 aromatic heterocycles. The van der Waals surface area contributed by atoms with Crippen molar-refractivity contribution in [2.45, 2.75) is 0 Å². The maximum absolute atomic E-state index is 4.14. The number of hydrogen-bond donors (Lipinski definition) is 0. The van der Waals surface area contributed by atoms with Crippen molar-refractivity contribution in [2.24, 2.45) is 0 Å². The van der Waals surface area contributed by atoms with Crippen LogP contribution in [0.25, 0.3) is 11.3 Å². The average molecular weight is 161 g/mol. The summed E-state index contributed by atoms with van der Waals surface area (Å²) in [5, 5.41) is 1.99. The molecule has 1 radical (unpaired) electrons. The molecule has 2 heterocycles. The zero-order chi connectivity index (χ0) is 7.52. The lowest BCUT2D eigenvalue weighted by Gasteiger charge is -1.91. The summed E-state index contributed by atoms with van der Waals surface area (Å²) in [5.74, 6) is 0. The van der Waals surface area contributed by atoms with E-state index < -0.39 is 0 Å². The van der Waals surface area contributed by atoms with Gasteiger partial charge < -0.3 is 0 Å². The highest BCUT2D eigenvalue weighted by Crippen LogP contribution is 2.16. The Hall–Kier alpha value is -1.22. The molecule has 0 aliphatic rings. The molecule has 0 spiro atoms. The second-order valence-electron chi connectivity index (χ2n) is 2.05. The minimum Gasteiger partial charge on any atom is -0.263 e. The van der Waals surface area contributed by atoms with Gasteiger partial charge in [-0.2, -0.15) is 0 Å². The monoisotopic (exact) mass is 161 g/mol. The van der Waals surface area contributed by atoms with Crippen molar-refractivity contribution in [1.82, 2.24) is 9.97 Å². The molecule has 0 amide bonds. The number of aromatic nitrogens is 2. The largest absolute Gasteiger partial charge is 0.263 e.